The molecular formula is C13H14N2O2S. The van der Waals surface area contributed by atoms with E-state index in [4.69, 9.17) is 5.73 Å². The molecule has 2 N–H and O–H groups in total. The Hall–Kier alpha value is -1.88. The van der Waals surface area contributed by atoms with Crippen molar-refractivity contribution in [3.8, 4) is 11.3 Å². The molecule has 0 aliphatic carbocycles. The van der Waals surface area contributed by atoms with Crippen molar-refractivity contribution in [1.82, 2.24) is 4.98 Å². The van der Waals surface area contributed by atoms with Crippen molar-refractivity contribution in [2.75, 3.05) is 12.0 Å². The molecule has 4 nitrogen and oxygen atoms in total. The number of nitrogens with zero attached hydrogens (tertiary/aromatic N) is 1. The van der Waals surface area contributed by atoms with Gasteiger partial charge < -0.3 is 5.73 Å². The van der Waals surface area contributed by atoms with Crippen LogP contribution in [0.1, 0.15) is 5.56 Å². The summed E-state index contributed by atoms with van der Waals surface area (Å²) in [5, 5.41) is 0. The van der Waals surface area contributed by atoms with E-state index < -0.39 is 9.84 Å². The summed E-state index contributed by atoms with van der Waals surface area (Å²) in [6.45, 7) is 1.89. The first-order valence-electron chi connectivity index (χ1n) is 5.40. The smallest absolute Gasteiger partial charge is 0.175 e. The molecule has 5 heteroatoms. The number of nitrogen functional groups attached to an aromatic ring is 1. The van der Waals surface area contributed by atoms with Gasteiger partial charge in [0.05, 0.1) is 22.5 Å². The number of aromatic nitrogens is 1. The van der Waals surface area contributed by atoms with E-state index in [2.05, 4.69) is 4.98 Å². The number of nitrogens with two attached hydrogens (primary N) is 1. The minimum atomic E-state index is -3.20. The predicted molar refractivity (Wildman–Crippen MR) is 71.9 cm³/mol. The van der Waals surface area contributed by atoms with Gasteiger partial charge in [0.2, 0.25) is 0 Å². The van der Waals surface area contributed by atoms with Crippen molar-refractivity contribution < 1.29 is 8.42 Å². The van der Waals surface area contributed by atoms with Crippen LogP contribution in [0.3, 0.4) is 0 Å². The molecule has 18 heavy (non-hydrogen) atoms. The van der Waals surface area contributed by atoms with E-state index in [1.165, 1.54) is 6.26 Å². The van der Waals surface area contributed by atoms with Crippen LogP contribution in [-0.2, 0) is 9.84 Å². The van der Waals surface area contributed by atoms with E-state index >= 15 is 0 Å². The second-order valence-electron chi connectivity index (χ2n) is 4.23. The van der Waals surface area contributed by atoms with E-state index in [0.717, 1.165) is 11.1 Å². The lowest BCUT2D eigenvalue weighted by molar-refractivity contribution is 0.602. The molecule has 0 fully saturated rings. The summed E-state index contributed by atoms with van der Waals surface area (Å²) >= 11 is 0. The molecule has 1 aromatic carbocycles. The highest BCUT2D eigenvalue weighted by Crippen LogP contribution is 2.23. The van der Waals surface area contributed by atoms with Crippen LogP contribution >= 0.6 is 0 Å². The van der Waals surface area contributed by atoms with Crippen molar-refractivity contribution in [3.05, 3.63) is 42.1 Å². The third-order valence-corrected chi connectivity index (χ3v) is 3.82. The van der Waals surface area contributed by atoms with Gasteiger partial charge in [-0.05, 0) is 30.7 Å². The van der Waals surface area contributed by atoms with Crippen LogP contribution in [0.2, 0.25) is 0 Å². The van der Waals surface area contributed by atoms with Crippen molar-refractivity contribution in [1.29, 1.82) is 0 Å². The van der Waals surface area contributed by atoms with Crippen LogP contribution < -0.4 is 5.73 Å². The van der Waals surface area contributed by atoms with Crippen LogP contribution in [0.25, 0.3) is 11.3 Å². The van der Waals surface area contributed by atoms with E-state index in [0.29, 0.717) is 11.4 Å². The molecule has 0 unspecified atom stereocenters. The minimum absolute atomic E-state index is 0.288. The molecule has 0 aliphatic heterocycles. The fraction of sp³-hybridized carbons (Fsp3) is 0.154. The van der Waals surface area contributed by atoms with Crippen molar-refractivity contribution in [3.63, 3.8) is 0 Å². The first kappa shape index (κ1) is 12.6. The number of aryl methyl sites for hydroxylation is 1. The van der Waals surface area contributed by atoms with Gasteiger partial charge in [0.1, 0.15) is 0 Å². The number of benzene rings is 1. The van der Waals surface area contributed by atoms with Gasteiger partial charge in [-0.3, -0.25) is 4.98 Å². The maximum absolute atomic E-state index is 11.5. The molecule has 0 radical (unpaired) electrons. The van der Waals surface area contributed by atoms with Gasteiger partial charge in [-0.1, -0.05) is 12.1 Å². The molecule has 0 saturated heterocycles. The highest BCUT2D eigenvalue weighted by Gasteiger charge is 2.09. The van der Waals surface area contributed by atoms with Crippen LogP contribution in [0.15, 0.2) is 41.4 Å². The number of hydrogen-bond acceptors (Lipinski definition) is 4. The SMILES string of the molecule is Cc1cc(-c2cccc(S(C)(=O)=O)c2)ncc1N. The van der Waals surface area contributed by atoms with E-state index in [-0.39, 0.29) is 4.90 Å². The topological polar surface area (TPSA) is 73.0 Å². The van der Waals surface area contributed by atoms with Crippen LogP contribution in [0.5, 0.6) is 0 Å². The zero-order chi connectivity index (χ0) is 13.3. The Morgan fingerprint density at radius 1 is 1.22 bits per heavy atom. The monoisotopic (exact) mass is 262 g/mol. The molecule has 94 valence electrons. The van der Waals surface area contributed by atoms with Crippen LogP contribution in [0.4, 0.5) is 5.69 Å². The normalized spacial score (nSPS) is 11.4. The predicted octanol–water partition coefficient (Wildman–Crippen LogP) is 2.04. The molecule has 1 heterocycles. The zero-order valence-corrected chi connectivity index (χ0v) is 11.0. The molecule has 0 saturated carbocycles. The Morgan fingerprint density at radius 3 is 2.56 bits per heavy atom. The molecule has 2 aromatic rings. The summed E-state index contributed by atoms with van der Waals surface area (Å²) in [6, 6.07) is 8.57. The molecule has 0 aliphatic rings. The Balaban J connectivity index is 2.55. The second-order valence-corrected chi connectivity index (χ2v) is 6.24. The number of pyridine rings is 1. The lowest BCUT2D eigenvalue weighted by Gasteiger charge is -2.06. The van der Waals surface area contributed by atoms with Crippen molar-refractivity contribution >= 4 is 15.5 Å². The zero-order valence-electron chi connectivity index (χ0n) is 10.2. The number of sulfone groups is 1. The Kier molecular flexibility index (Phi) is 3.09. The van der Waals surface area contributed by atoms with E-state index in [9.17, 15) is 8.42 Å². The third kappa shape index (κ3) is 2.51. The lowest BCUT2D eigenvalue weighted by atomic mass is 10.1. The molecule has 0 amide bonds. The van der Waals surface area contributed by atoms with E-state index in [1.807, 2.05) is 19.1 Å². The number of rotatable bonds is 2. The summed E-state index contributed by atoms with van der Waals surface area (Å²) in [5.41, 5.74) is 8.73. The molecule has 2 rings (SSSR count). The molecule has 0 atom stereocenters. The van der Waals surface area contributed by atoms with E-state index in [1.54, 1.807) is 24.4 Å². The van der Waals surface area contributed by atoms with Crippen LogP contribution in [0, 0.1) is 6.92 Å². The highest BCUT2D eigenvalue weighted by molar-refractivity contribution is 7.90. The van der Waals surface area contributed by atoms with Gasteiger partial charge in [0.15, 0.2) is 9.84 Å². The first-order chi connectivity index (χ1) is 8.38. The maximum atomic E-state index is 11.5. The van der Waals surface area contributed by atoms with Crippen LogP contribution in [-0.4, -0.2) is 19.7 Å². The first-order valence-corrected chi connectivity index (χ1v) is 7.29. The standard InChI is InChI=1S/C13H14N2O2S/c1-9-6-13(15-8-12(9)14)10-4-3-5-11(7-10)18(2,16)17/h3-8H,14H2,1-2H3. The molecule has 0 spiro atoms. The summed E-state index contributed by atoms with van der Waals surface area (Å²) in [6.07, 6.45) is 2.77. The fourth-order valence-corrected chi connectivity index (χ4v) is 2.28. The van der Waals surface area contributed by atoms with Gasteiger partial charge in [0, 0.05) is 11.8 Å². The summed E-state index contributed by atoms with van der Waals surface area (Å²) in [5.74, 6) is 0. The van der Waals surface area contributed by atoms with Gasteiger partial charge in [-0.15, -0.1) is 0 Å². The van der Waals surface area contributed by atoms with Crippen molar-refractivity contribution in [2.24, 2.45) is 0 Å². The Morgan fingerprint density at radius 2 is 1.94 bits per heavy atom. The van der Waals surface area contributed by atoms with Gasteiger partial charge >= 0.3 is 0 Å². The summed E-state index contributed by atoms with van der Waals surface area (Å²) in [7, 11) is -3.20. The summed E-state index contributed by atoms with van der Waals surface area (Å²) < 4.78 is 23.0. The molecule has 1 aromatic heterocycles. The van der Waals surface area contributed by atoms with Crippen molar-refractivity contribution in [2.45, 2.75) is 11.8 Å². The Bertz CT molecular complexity index is 694. The minimum Gasteiger partial charge on any atom is -0.397 e. The lowest BCUT2D eigenvalue weighted by Crippen LogP contribution is -1.98. The van der Waals surface area contributed by atoms with Gasteiger partial charge in [-0.2, -0.15) is 0 Å². The summed E-state index contributed by atoms with van der Waals surface area (Å²) in [4.78, 5) is 4.50. The fourth-order valence-electron chi connectivity index (χ4n) is 1.61. The number of anilines is 1. The molecular weight excluding hydrogens is 248 g/mol. The molecule has 0 bridgehead atoms. The Labute approximate surface area is 106 Å². The highest BCUT2D eigenvalue weighted by atomic mass is 32.2. The maximum Gasteiger partial charge on any atom is 0.175 e. The quantitative estimate of drug-likeness (QED) is 0.899. The largest absolute Gasteiger partial charge is 0.397 e. The average molecular weight is 262 g/mol. The average Bonchev–Trinajstić information content (AvgIpc) is 2.32. The third-order valence-electron chi connectivity index (χ3n) is 2.71. The van der Waals surface area contributed by atoms with Gasteiger partial charge in [0.25, 0.3) is 0 Å². The van der Waals surface area contributed by atoms with Gasteiger partial charge in [-0.25, -0.2) is 8.42 Å². The number of hydrogen-bond donors (Lipinski definition) is 1. The second kappa shape index (κ2) is 4.42.